The molecular weight excluding hydrogens is 395 g/mol. The Labute approximate surface area is 167 Å². The lowest BCUT2D eigenvalue weighted by Gasteiger charge is -2.32. The molecule has 138 valence electrons. The molecule has 1 fully saturated rings. The molecule has 8 heteroatoms. The molecule has 1 amide bonds. The second-order valence-electron chi connectivity index (χ2n) is 6.31. The maximum absolute atomic E-state index is 12.5. The van der Waals surface area contributed by atoms with Gasteiger partial charge in [0.25, 0.3) is 0 Å². The maximum Gasteiger partial charge on any atom is 0.223 e. The van der Waals surface area contributed by atoms with Gasteiger partial charge in [-0.15, -0.1) is 0 Å². The Morgan fingerprint density at radius 1 is 1.19 bits per heavy atom. The topological polar surface area (TPSA) is 58.1 Å². The number of hydrogen-bond donors (Lipinski definition) is 1. The van der Waals surface area contributed by atoms with Crippen LogP contribution in [0.15, 0.2) is 24.3 Å². The fourth-order valence-electron chi connectivity index (χ4n) is 3.04. The number of hydrogen-bond acceptors (Lipinski definition) is 4. The van der Waals surface area contributed by atoms with Crippen molar-refractivity contribution >= 4 is 46.5 Å². The number of rotatable bonds is 4. The monoisotopic (exact) mass is 412 g/mol. The van der Waals surface area contributed by atoms with Gasteiger partial charge in [0.05, 0.1) is 0 Å². The van der Waals surface area contributed by atoms with Crippen LogP contribution in [0.4, 0.5) is 5.82 Å². The van der Waals surface area contributed by atoms with Crippen LogP contribution in [0.25, 0.3) is 0 Å². The molecule has 1 saturated heterocycles. The molecule has 2 heterocycles. The first-order valence-electron chi connectivity index (χ1n) is 8.40. The number of nitrogens with one attached hydrogen (secondary N) is 1. The summed E-state index contributed by atoms with van der Waals surface area (Å²) in [6.07, 6.45) is 1.53. The summed E-state index contributed by atoms with van der Waals surface area (Å²) >= 11 is 18.0. The van der Waals surface area contributed by atoms with Crippen LogP contribution in [-0.2, 0) is 11.3 Å². The van der Waals surface area contributed by atoms with Crippen molar-refractivity contribution in [3.8, 4) is 0 Å². The van der Waals surface area contributed by atoms with E-state index in [0.717, 1.165) is 37.3 Å². The summed E-state index contributed by atoms with van der Waals surface area (Å²) < 4.78 is 0. The van der Waals surface area contributed by atoms with Gasteiger partial charge >= 0.3 is 0 Å². The van der Waals surface area contributed by atoms with Gasteiger partial charge in [-0.3, -0.25) is 4.79 Å². The highest BCUT2D eigenvalue weighted by atomic mass is 35.5. The Balaban J connectivity index is 1.53. The highest BCUT2D eigenvalue weighted by Gasteiger charge is 2.26. The lowest BCUT2D eigenvalue weighted by molar-refractivity contribution is -0.125. The second kappa shape index (κ2) is 8.42. The molecule has 1 aromatic carbocycles. The minimum absolute atomic E-state index is 0.0178. The van der Waals surface area contributed by atoms with Gasteiger partial charge in [-0.05, 0) is 37.5 Å². The summed E-state index contributed by atoms with van der Waals surface area (Å²) in [5.41, 5.74) is 0.855. The van der Waals surface area contributed by atoms with Gasteiger partial charge in [-0.1, -0.05) is 40.9 Å². The van der Waals surface area contributed by atoms with Crippen molar-refractivity contribution in [1.29, 1.82) is 0 Å². The average Bonchev–Trinajstić information content (AvgIpc) is 2.60. The molecular formula is C18H19Cl3N4O. The van der Waals surface area contributed by atoms with E-state index in [9.17, 15) is 4.79 Å². The minimum atomic E-state index is -0.0178. The predicted molar refractivity (Wildman–Crippen MR) is 105 cm³/mol. The molecule has 0 radical (unpaired) electrons. The highest BCUT2D eigenvalue weighted by molar-refractivity contribution is 6.35. The van der Waals surface area contributed by atoms with Gasteiger partial charge in [-0.25, -0.2) is 9.97 Å². The molecule has 0 spiro atoms. The summed E-state index contributed by atoms with van der Waals surface area (Å²) in [4.78, 5) is 23.1. The molecule has 0 unspecified atom stereocenters. The maximum atomic E-state index is 12.5. The largest absolute Gasteiger partial charge is 0.356 e. The standard InChI is InChI=1S/C18H19Cl3N4O/c1-11-23-16(21)9-17(24-11)25-6-4-12(5-7-25)18(26)22-10-13-2-3-14(19)8-15(13)20/h2-3,8-9,12H,4-7,10H2,1H3,(H,22,26). The quantitative estimate of drug-likeness (QED) is 0.760. The number of benzene rings is 1. The predicted octanol–water partition coefficient (Wildman–Crippen LogP) is 4.28. The average molecular weight is 414 g/mol. The number of halogens is 3. The number of aryl methyl sites for hydroxylation is 1. The molecule has 3 rings (SSSR count). The van der Waals surface area contributed by atoms with Gasteiger partial charge in [0.15, 0.2) is 0 Å². The first-order valence-corrected chi connectivity index (χ1v) is 9.53. The van der Waals surface area contributed by atoms with E-state index in [0.29, 0.717) is 27.6 Å². The van der Waals surface area contributed by atoms with Crippen LogP contribution in [0.2, 0.25) is 15.2 Å². The molecule has 1 aliphatic rings. The summed E-state index contributed by atoms with van der Waals surface area (Å²) in [6.45, 7) is 3.73. The SMILES string of the molecule is Cc1nc(Cl)cc(N2CCC(C(=O)NCc3ccc(Cl)cc3Cl)CC2)n1. The molecule has 0 aliphatic carbocycles. The number of amides is 1. The van der Waals surface area contributed by atoms with Crippen molar-refractivity contribution in [3.63, 3.8) is 0 Å². The van der Waals surface area contributed by atoms with E-state index in [1.807, 2.05) is 13.0 Å². The Bertz CT molecular complexity index is 787. The fraction of sp³-hybridized carbons (Fsp3) is 0.389. The number of nitrogens with zero attached hydrogens (tertiary/aromatic N) is 3. The Kier molecular flexibility index (Phi) is 6.22. The van der Waals surface area contributed by atoms with Gasteiger partial charge in [0.2, 0.25) is 5.91 Å². The lowest BCUT2D eigenvalue weighted by Crippen LogP contribution is -2.40. The zero-order valence-electron chi connectivity index (χ0n) is 14.3. The fourth-order valence-corrected chi connectivity index (χ4v) is 3.74. The molecule has 0 bridgehead atoms. The lowest BCUT2D eigenvalue weighted by atomic mass is 9.96. The number of anilines is 1. The number of carbonyl (C=O) groups excluding carboxylic acids is 1. The van der Waals surface area contributed by atoms with Crippen LogP contribution in [-0.4, -0.2) is 29.0 Å². The van der Waals surface area contributed by atoms with E-state index in [1.165, 1.54) is 0 Å². The molecule has 2 aromatic rings. The van der Waals surface area contributed by atoms with Gasteiger partial charge in [0.1, 0.15) is 16.8 Å². The van der Waals surface area contributed by atoms with E-state index in [1.54, 1.807) is 18.2 Å². The summed E-state index contributed by atoms with van der Waals surface area (Å²) in [6, 6.07) is 7.03. The number of piperidine rings is 1. The minimum Gasteiger partial charge on any atom is -0.356 e. The summed E-state index contributed by atoms with van der Waals surface area (Å²) in [5.74, 6) is 1.49. The Hall–Kier alpha value is -1.56. The Morgan fingerprint density at radius 2 is 1.92 bits per heavy atom. The van der Waals surface area contributed by atoms with E-state index >= 15 is 0 Å². The van der Waals surface area contributed by atoms with Crippen LogP contribution in [0.5, 0.6) is 0 Å². The zero-order valence-corrected chi connectivity index (χ0v) is 16.6. The zero-order chi connectivity index (χ0) is 18.7. The van der Waals surface area contributed by atoms with E-state index in [-0.39, 0.29) is 11.8 Å². The van der Waals surface area contributed by atoms with Crippen molar-refractivity contribution in [2.45, 2.75) is 26.3 Å². The van der Waals surface area contributed by atoms with Gasteiger partial charge < -0.3 is 10.2 Å². The van der Waals surface area contributed by atoms with E-state index in [2.05, 4.69) is 20.2 Å². The number of carbonyl (C=O) groups is 1. The number of aromatic nitrogens is 2. The normalized spacial score (nSPS) is 15.2. The van der Waals surface area contributed by atoms with E-state index < -0.39 is 0 Å². The van der Waals surface area contributed by atoms with E-state index in [4.69, 9.17) is 34.8 Å². The third kappa shape index (κ3) is 4.78. The molecule has 1 N–H and O–H groups in total. The Morgan fingerprint density at radius 3 is 2.58 bits per heavy atom. The molecule has 0 atom stereocenters. The van der Waals surface area contributed by atoms with Crippen LogP contribution < -0.4 is 10.2 Å². The van der Waals surface area contributed by atoms with Crippen LogP contribution in [0.1, 0.15) is 24.2 Å². The first kappa shape index (κ1) is 19.2. The third-order valence-corrected chi connectivity index (χ3v) is 5.23. The van der Waals surface area contributed by atoms with Crippen molar-refractivity contribution in [1.82, 2.24) is 15.3 Å². The van der Waals surface area contributed by atoms with Crippen molar-refractivity contribution in [2.75, 3.05) is 18.0 Å². The van der Waals surface area contributed by atoms with Crippen LogP contribution in [0.3, 0.4) is 0 Å². The first-order chi connectivity index (χ1) is 12.4. The van der Waals surface area contributed by atoms with Crippen LogP contribution >= 0.6 is 34.8 Å². The smallest absolute Gasteiger partial charge is 0.223 e. The third-order valence-electron chi connectivity index (χ3n) is 4.45. The van der Waals surface area contributed by atoms with Crippen molar-refractivity contribution in [3.05, 3.63) is 50.9 Å². The van der Waals surface area contributed by atoms with Gasteiger partial charge in [-0.2, -0.15) is 0 Å². The van der Waals surface area contributed by atoms with Gasteiger partial charge in [0, 0.05) is 41.7 Å². The molecule has 26 heavy (non-hydrogen) atoms. The summed E-state index contributed by atoms with van der Waals surface area (Å²) in [5, 5.41) is 4.55. The molecule has 5 nitrogen and oxygen atoms in total. The highest BCUT2D eigenvalue weighted by Crippen LogP contribution is 2.24. The molecule has 1 aromatic heterocycles. The molecule has 0 saturated carbocycles. The summed E-state index contributed by atoms with van der Waals surface area (Å²) in [7, 11) is 0. The van der Waals surface area contributed by atoms with Crippen molar-refractivity contribution in [2.24, 2.45) is 5.92 Å². The molecule has 1 aliphatic heterocycles. The van der Waals surface area contributed by atoms with Crippen molar-refractivity contribution < 1.29 is 4.79 Å². The van der Waals surface area contributed by atoms with Crippen LogP contribution in [0, 0.1) is 12.8 Å². The second-order valence-corrected chi connectivity index (χ2v) is 7.54.